The minimum Gasteiger partial charge on any atom is -0.312 e. The molecule has 6 heteroatoms. The van der Waals surface area contributed by atoms with Gasteiger partial charge < -0.3 is 5.32 Å². The van der Waals surface area contributed by atoms with Crippen molar-refractivity contribution in [1.82, 2.24) is 5.32 Å². The third-order valence-corrected chi connectivity index (χ3v) is 6.39. The second-order valence-corrected chi connectivity index (χ2v) is 8.93. The van der Waals surface area contributed by atoms with Gasteiger partial charge in [-0.15, -0.1) is 0 Å². The van der Waals surface area contributed by atoms with Crippen LogP contribution in [-0.4, -0.2) is 5.91 Å². The standard InChI is InChI=1S/C23H17ClN2OS2/c1-16-7-11-19(12-8-16)28-23(29-20-13-9-18(24)10-14-20)21(15-25)26-22(27)17-5-3-2-4-6-17/h2-14H,1H3,(H,26,27)/b23-21+. The highest BCUT2D eigenvalue weighted by Crippen LogP contribution is 2.41. The van der Waals surface area contributed by atoms with Gasteiger partial charge in [-0.3, -0.25) is 4.79 Å². The van der Waals surface area contributed by atoms with Crippen LogP contribution in [0.2, 0.25) is 5.02 Å². The van der Waals surface area contributed by atoms with Crippen molar-refractivity contribution in [1.29, 1.82) is 5.26 Å². The molecule has 0 saturated heterocycles. The molecule has 0 spiro atoms. The highest BCUT2D eigenvalue weighted by atomic mass is 35.5. The zero-order valence-corrected chi connectivity index (χ0v) is 17.9. The lowest BCUT2D eigenvalue weighted by Crippen LogP contribution is -2.22. The van der Waals surface area contributed by atoms with Gasteiger partial charge in [0.1, 0.15) is 11.8 Å². The molecule has 0 unspecified atom stereocenters. The molecule has 0 fully saturated rings. The molecule has 0 aromatic heterocycles. The van der Waals surface area contributed by atoms with E-state index in [0.29, 0.717) is 14.8 Å². The number of aryl methyl sites for hydroxylation is 1. The Balaban J connectivity index is 1.93. The molecule has 0 aliphatic heterocycles. The van der Waals surface area contributed by atoms with E-state index in [1.165, 1.54) is 23.5 Å². The maximum Gasteiger partial charge on any atom is 0.256 e. The van der Waals surface area contributed by atoms with Crippen molar-refractivity contribution in [3.8, 4) is 6.07 Å². The van der Waals surface area contributed by atoms with E-state index in [1.807, 2.05) is 49.4 Å². The Morgan fingerprint density at radius 2 is 1.45 bits per heavy atom. The molecule has 3 rings (SSSR count). The molecule has 144 valence electrons. The van der Waals surface area contributed by atoms with Gasteiger partial charge in [-0.1, -0.05) is 71.0 Å². The van der Waals surface area contributed by atoms with Crippen molar-refractivity contribution < 1.29 is 4.79 Å². The second kappa shape index (κ2) is 10.2. The number of allylic oxidation sites excluding steroid dienone is 1. The van der Waals surface area contributed by atoms with E-state index in [9.17, 15) is 10.1 Å². The maximum absolute atomic E-state index is 12.6. The third kappa shape index (κ3) is 6.16. The Morgan fingerprint density at radius 1 is 0.897 bits per heavy atom. The quantitative estimate of drug-likeness (QED) is 0.347. The smallest absolute Gasteiger partial charge is 0.256 e. The molecule has 3 aromatic carbocycles. The summed E-state index contributed by atoms with van der Waals surface area (Å²) in [5.74, 6) is -0.319. The van der Waals surface area contributed by atoms with Gasteiger partial charge in [0.05, 0.1) is 4.24 Å². The molecule has 0 radical (unpaired) electrons. The number of hydrogen-bond donors (Lipinski definition) is 1. The SMILES string of the molecule is Cc1ccc(S/C(Sc2ccc(Cl)cc2)=C(/C#N)NC(=O)c2ccccc2)cc1. The Hall–Kier alpha value is -2.65. The molecule has 29 heavy (non-hydrogen) atoms. The number of thioether (sulfide) groups is 2. The predicted molar refractivity (Wildman–Crippen MR) is 121 cm³/mol. The van der Waals surface area contributed by atoms with E-state index in [0.717, 1.165) is 15.4 Å². The number of halogens is 1. The number of carbonyl (C=O) groups excluding carboxylic acids is 1. The number of amides is 1. The molecule has 0 heterocycles. The van der Waals surface area contributed by atoms with Crippen LogP contribution in [0.4, 0.5) is 0 Å². The molecule has 1 amide bonds. The van der Waals surface area contributed by atoms with E-state index >= 15 is 0 Å². The minimum atomic E-state index is -0.319. The molecule has 0 saturated carbocycles. The second-order valence-electron chi connectivity index (χ2n) is 6.07. The fourth-order valence-electron chi connectivity index (χ4n) is 2.35. The van der Waals surface area contributed by atoms with Gasteiger partial charge in [0.25, 0.3) is 5.91 Å². The van der Waals surface area contributed by atoms with Crippen LogP contribution in [0, 0.1) is 18.3 Å². The van der Waals surface area contributed by atoms with Crippen LogP contribution in [0.25, 0.3) is 0 Å². The van der Waals surface area contributed by atoms with Crippen LogP contribution in [0.5, 0.6) is 0 Å². The number of nitrogens with zero attached hydrogens (tertiary/aromatic N) is 1. The normalized spacial score (nSPS) is 11.3. The van der Waals surface area contributed by atoms with Crippen LogP contribution >= 0.6 is 35.1 Å². The van der Waals surface area contributed by atoms with E-state index in [2.05, 4.69) is 11.4 Å². The van der Waals surface area contributed by atoms with Crippen molar-refractivity contribution in [3.05, 3.63) is 105 Å². The first-order chi connectivity index (χ1) is 14.0. The van der Waals surface area contributed by atoms with E-state index in [-0.39, 0.29) is 11.6 Å². The van der Waals surface area contributed by atoms with Crippen LogP contribution in [0.3, 0.4) is 0 Å². The summed E-state index contributed by atoms with van der Waals surface area (Å²) in [5.41, 5.74) is 1.86. The van der Waals surface area contributed by atoms with Crippen molar-refractivity contribution in [2.75, 3.05) is 0 Å². The Kier molecular flexibility index (Phi) is 7.42. The van der Waals surface area contributed by atoms with Gasteiger partial charge in [-0.25, -0.2) is 0 Å². The Bertz CT molecular complexity index is 1010. The Labute approximate surface area is 183 Å². The van der Waals surface area contributed by atoms with E-state index < -0.39 is 0 Å². The molecular weight excluding hydrogens is 420 g/mol. The van der Waals surface area contributed by atoms with Gasteiger partial charge in [-0.05, 0) is 55.5 Å². The molecule has 0 aliphatic carbocycles. The molecule has 0 aliphatic rings. The average molecular weight is 437 g/mol. The maximum atomic E-state index is 12.6. The summed E-state index contributed by atoms with van der Waals surface area (Å²) in [6.07, 6.45) is 0. The zero-order chi connectivity index (χ0) is 20.6. The summed E-state index contributed by atoms with van der Waals surface area (Å²) in [6.45, 7) is 2.02. The number of nitriles is 1. The molecule has 0 atom stereocenters. The molecule has 3 aromatic rings. The first-order valence-electron chi connectivity index (χ1n) is 8.74. The van der Waals surface area contributed by atoms with Gasteiger partial charge in [-0.2, -0.15) is 5.26 Å². The van der Waals surface area contributed by atoms with Gasteiger partial charge in [0.2, 0.25) is 0 Å². The first kappa shape index (κ1) is 21.1. The first-order valence-corrected chi connectivity index (χ1v) is 10.7. The van der Waals surface area contributed by atoms with Crippen LogP contribution in [0.15, 0.2) is 98.6 Å². The topological polar surface area (TPSA) is 52.9 Å². The molecule has 1 N–H and O–H groups in total. The lowest BCUT2D eigenvalue weighted by Gasteiger charge is -2.12. The van der Waals surface area contributed by atoms with Crippen LogP contribution < -0.4 is 5.32 Å². The largest absolute Gasteiger partial charge is 0.312 e. The average Bonchev–Trinajstić information content (AvgIpc) is 2.75. The summed E-state index contributed by atoms with van der Waals surface area (Å²) in [5, 5.41) is 13.2. The fourth-order valence-corrected chi connectivity index (χ4v) is 4.59. The van der Waals surface area contributed by atoms with E-state index in [1.54, 1.807) is 36.4 Å². The fraction of sp³-hybridized carbons (Fsp3) is 0.0435. The Morgan fingerprint density at radius 3 is 2.00 bits per heavy atom. The predicted octanol–water partition coefficient (Wildman–Crippen LogP) is 6.66. The van der Waals surface area contributed by atoms with Crippen LogP contribution in [0.1, 0.15) is 15.9 Å². The monoisotopic (exact) mass is 436 g/mol. The molecule has 0 bridgehead atoms. The van der Waals surface area contributed by atoms with Crippen molar-refractivity contribution in [2.45, 2.75) is 16.7 Å². The number of benzene rings is 3. The van der Waals surface area contributed by atoms with Gasteiger partial charge in [0.15, 0.2) is 0 Å². The van der Waals surface area contributed by atoms with Gasteiger partial charge in [0, 0.05) is 20.4 Å². The van der Waals surface area contributed by atoms with Crippen molar-refractivity contribution in [3.63, 3.8) is 0 Å². The lowest BCUT2D eigenvalue weighted by molar-refractivity contribution is 0.0967. The number of nitrogens with one attached hydrogen (secondary N) is 1. The molecular formula is C23H17ClN2OS2. The van der Waals surface area contributed by atoms with Crippen LogP contribution in [-0.2, 0) is 0 Å². The number of rotatable bonds is 6. The number of carbonyl (C=O) groups is 1. The van der Waals surface area contributed by atoms with Gasteiger partial charge >= 0.3 is 0 Å². The highest BCUT2D eigenvalue weighted by molar-refractivity contribution is 8.22. The third-order valence-electron chi connectivity index (χ3n) is 3.85. The zero-order valence-electron chi connectivity index (χ0n) is 15.6. The summed E-state index contributed by atoms with van der Waals surface area (Å²) in [4.78, 5) is 14.5. The highest BCUT2D eigenvalue weighted by Gasteiger charge is 2.15. The summed E-state index contributed by atoms with van der Waals surface area (Å²) in [6, 6.07) is 26.4. The van der Waals surface area contributed by atoms with Crippen molar-refractivity contribution in [2.24, 2.45) is 0 Å². The number of hydrogen-bond acceptors (Lipinski definition) is 4. The lowest BCUT2D eigenvalue weighted by atomic mass is 10.2. The molecule has 3 nitrogen and oxygen atoms in total. The van der Waals surface area contributed by atoms with Crippen molar-refractivity contribution >= 4 is 41.0 Å². The van der Waals surface area contributed by atoms with E-state index in [4.69, 9.17) is 11.6 Å². The summed E-state index contributed by atoms with van der Waals surface area (Å²) >= 11 is 8.84. The summed E-state index contributed by atoms with van der Waals surface area (Å²) in [7, 11) is 0. The minimum absolute atomic E-state index is 0.212. The summed E-state index contributed by atoms with van der Waals surface area (Å²) < 4.78 is 0.683.